The molecule has 10 heteroatoms. The van der Waals surface area contributed by atoms with Crippen molar-refractivity contribution in [2.45, 2.75) is 0 Å². The molecule has 0 heterocycles. The van der Waals surface area contributed by atoms with E-state index in [1.54, 1.807) is 0 Å². The van der Waals surface area contributed by atoms with Crippen molar-refractivity contribution in [1.29, 1.82) is 0 Å². The maximum absolute atomic E-state index is 9.88. The molecule has 0 fully saturated rings. The van der Waals surface area contributed by atoms with Crippen LogP contribution in [0.4, 0.5) is 0 Å². The van der Waals surface area contributed by atoms with E-state index in [1.165, 1.54) is 0 Å². The van der Waals surface area contributed by atoms with Crippen LogP contribution in [0.25, 0.3) is 0 Å². The van der Waals surface area contributed by atoms with E-state index in [0.717, 1.165) is 0 Å². The summed E-state index contributed by atoms with van der Waals surface area (Å²) in [5.41, 5.74) is 0. The Morgan fingerprint density at radius 3 is 1.36 bits per heavy atom. The number of hydrogen-bond donors (Lipinski definition) is 0. The quantitative estimate of drug-likeness (QED) is 0.349. The summed E-state index contributed by atoms with van der Waals surface area (Å²) < 4.78 is 48.7. The van der Waals surface area contributed by atoms with E-state index in [0.29, 0.717) is 0 Å². The van der Waals surface area contributed by atoms with Gasteiger partial charge >= 0.3 is 59.1 Å². The van der Waals surface area contributed by atoms with E-state index in [1.807, 2.05) is 0 Å². The summed E-state index contributed by atoms with van der Waals surface area (Å²) in [7, 11) is -8.82. The fourth-order valence-electron chi connectivity index (χ4n) is 0.177. The summed E-state index contributed by atoms with van der Waals surface area (Å²) in [5.74, 6) is 0. The van der Waals surface area contributed by atoms with Crippen LogP contribution in [0.5, 0.6) is 0 Å². The Bertz CT molecular complexity index is 245. The molecule has 5 nitrogen and oxygen atoms in total. The molecule has 0 aromatic heterocycles. The average Bonchev–Trinajstić information content (AvgIpc) is 1.14. The van der Waals surface area contributed by atoms with Gasteiger partial charge in [-0.3, -0.25) is 4.21 Å². The van der Waals surface area contributed by atoms with Crippen LogP contribution in [-0.4, -0.2) is 26.8 Å². The fourth-order valence-corrected chi connectivity index (χ4v) is 2.65. The number of rotatable bonds is 2. The molecule has 1 unspecified atom stereocenters. The van der Waals surface area contributed by atoms with Crippen molar-refractivity contribution >= 4 is 30.1 Å². The van der Waals surface area contributed by atoms with Gasteiger partial charge in [0, 0.05) is 0 Å². The van der Waals surface area contributed by atoms with Gasteiger partial charge < -0.3 is 9.11 Å². The van der Waals surface area contributed by atoms with Crippen molar-refractivity contribution in [2.24, 2.45) is 0 Å². The Balaban J connectivity index is -0.000000320. The average molecular weight is 236 g/mol. The van der Waals surface area contributed by atoms with Gasteiger partial charge in [0.1, 0.15) is 15.2 Å². The molecule has 1 atom stereocenters. The first-order valence-corrected chi connectivity index (χ1v) is 5.73. The molecule has 0 saturated carbocycles. The minimum Gasteiger partial charge on any atom is -0.769 e. The zero-order valence-corrected chi connectivity index (χ0v) is 12.4. The summed E-state index contributed by atoms with van der Waals surface area (Å²) in [6.07, 6.45) is 0. The van der Waals surface area contributed by atoms with Gasteiger partial charge in [-0.15, -0.1) is 0 Å². The van der Waals surface area contributed by atoms with Crippen LogP contribution < -0.4 is 59.1 Å². The predicted octanol–water partition coefficient (Wildman–Crippen LogP) is -7.63. The molecule has 0 bridgehead atoms. The van der Waals surface area contributed by atoms with E-state index in [9.17, 15) is 21.7 Å². The first kappa shape index (κ1) is 18.9. The van der Waals surface area contributed by atoms with Crippen molar-refractivity contribution in [3.8, 4) is 0 Å². The van der Waals surface area contributed by atoms with E-state index < -0.39 is 24.0 Å². The molecule has 0 rings (SSSR count). The maximum atomic E-state index is 9.88. The van der Waals surface area contributed by atoms with Gasteiger partial charge in [-0.2, -0.15) is 0 Å². The summed E-state index contributed by atoms with van der Waals surface area (Å²) in [6.45, 7) is 0. The first-order chi connectivity index (χ1) is 3.71. The fraction of sp³-hybridized carbons (Fsp3) is 1.00. The van der Waals surface area contributed by atoms with Gasteiger partial charge in [0.2, 0.25) is 0 Å². The van der Waals surface area contributed by atoms with E-state index in [-0.39, 0.29) is 59.1 Å². The van der Waals surface area contributed by atoms with E-state index >= 15 is 0 Å². The third kappa shape index (κ3) is 18.9. The molecule has 0 amide bonds. The summed E-state index contributed by atoms with van der Waals surface area (Å²) in [6, 6.07) is 0. The van der Waals surface area contributed by atoms with Crippen LogP contribution in [0.15, 0.2) is 0 Å². The van der Waals surface area contributed by atoms with Crippen molar-refractivity contribution < 1.29 is 80.8 Å². The minimum absolute atomic E-state index is 0. The van der Waals surface area contributed by atoms with Crippen LogP contribution in [0.2, 0.25) is 0 Å². The van der Waals surface area contributed by atoms with Crippen LogP contribution in [0.1, 0.15) is 0 Å². The molecule has 0 saturated heterocycles. The molecular weight excluding hydrogens is 234 g/mol. The zero-order chi connectivity index (χ0) is 7.71. The molecule has 0 aliphatic carbocycles. The topological polar surface area (TPSA) is 97.3 Å². The Morgan fingerprint density at radius 1 is 1.09 bits per heavy atom. The first-order valence-electron chi connectivity index (χ1n) is 1.58. The normalized spacial score (nSPS) is 15.5. The summed E-state index contributed by atoms with van der Waals surface area (Å²) >= 11 is 3.63. The minimum atomic E-state index is -4.72. The molecule has 0 radical (unpaired) electrons. The standard InChI is InChI=1S/CH4O5S3.2Na/c2-8(3,4)1-9(5,6)7;;/h1H2,(H,2,3,4)(H,5,6,7);;/q;2*+1/p-2. The smallest absolute Gasteiger partial charge is 0.769 e. The predicted molar refractivity (Wildman–Crippen MR) is 30.8 cm³/mol. The van der Waals surface area contributed by atoms with Crippen LogP contribution in [-0.2, 0) is 30.1 Å². The second kappa shape index (κ2) is 6.66. The van der Waals surface area contributed by atoms with Gasteiger partial charge in [-0.25, -0.2) is 8.42 Å². The number of hydrogen-bond acceptors (Lipinski definition) is 6. The van der Waals surface area contributed by atoms with Gasteiger partial charge in [0.15, 0.2) is 0 Å². The summed E-state index contributed by atoms with van der Waals surface area (Å²) in [5, 5.41) is -1.50. The summed E-state index contributed by atoms with van der Waals surface area (Å²) in [4.78, 5) is 0. The molecular formula is CH2Na2O5S3. The maximum Gasteiger partial charge on any atom is 1.00 e. The van der Waals surface area contributed by atoms with Gasteiger partial charge in [0.25, 0.3) is 0 Å². The second-order valence-corrected chi connectivity index (χ2v) is 5.93. The third-order valence-corrected chi connectivity index (χ3v) is 3.46. The van der Waals surface area contributed by atoms with E-state index in [4.69, 9.17) is 0 Å². The van der Waals surface area contributed by atoms with Gasteiger partial charge in [-0.05, 0) is 20.0 Å². The van der Waals surface area contributed by atoms with Crippen molar-refractivity contribution in [1.82, 2.24) is 0 Å². The van der Waals surface area contributed by atoms with E-state index in [2.05, 4.69) is 11.2 Å². The SMILES string of the molecule is O=S(=O)([O-])CS(=O)([O-])=S.[Na+].[Na+]. The van der Waals surface area contributed by atoms with Gasteiger partial charge in [0.05, 0.1) is 0 Å². The molecule has 11 heavy (non-hydrogen) atoms. The molecule has 0 aromatic rings. The molecule has 0 aliphatic heterocycles. The molecule has 0 aromatic carbocycles. The second-order valence-electron chi connectivity index (χ2n) is 1.23. The zero-order valence-electron chi connectivity index (χ0n) is 5.97. The molecule has 56 valence electrons. The third-order valence-electron chi connectivity index (χ3n) is 0.289. The monoisotopic (exact) mass is 236 g/mol. The molecule has 0 N–H and O–H groups in total. The molecule has 0 spiro atoms. The Hall–Kier alpha value is 2.24. The van der Waals surface area contributed by atoms with Crippen molar-refractivity contribution in [3.05, 3.63) is 0 Å². The Kier molecular flexibility index (Phi) is 11.4. The largest absolute Gasteiger partial charge is 1.00 e. The van der Waals surface area contributed by atoms with Crippen LogP contribution in [0.3, 0.4) is 0 Å². The van der Waals surface area contributed by atoms with Crippen molar-refractivity contribution in [3.63, 3.8) is 0 Å². The van der Waals surface area contributed by atoms with Crippen LogP contribution >= 0.6 is 0 Å². The Morgan fingerprint density at radius 2 is 1.36 bits per heavy atom. The van der Waals surface area contributed by atoms with Crippen molar-refractivity contribution in [2.75, 3.05) is 5.08 Å². The Labute approximate surface area is 114 Å². The van der Waals surface area contributed by atoms with Gasteiger partial charge in [-0.1, -0.05) is 0 Å². The molecule has 0 aliphatic rings. The van der Waals surface area contributed by atoms with Crippen LogP contribution in [0, 0.1) is 0 Å².